The van der Waals surface area contributed by atoms with Crippen molar-refractivity contribution in [1.82, 2.24) is 14.8 Å². The van der Waals surface area contributed by atoms with Gasteiger partial charge in [-0.25, -0.2) is 4.39 Å². The second-order valence-corrected chi connectivity index (χ2v) is 12.1. The van der Waals surface area contributed by atoms with Crippen LogP contribution < -0.4 is 10.5 Å². The van der Waals surface area contributed by atoms with Crippen LogP contribution in [0.15, 0.2) is 36.5 Å². The van der Waals surface area contributed by atoms with Gasteiger partial charge in [-0.3, -0.25) is 14.6 Å². The average molecular weight is 593 g/mol. The second kappa shape index (κ2) is 11.4. The highest BCUT2D eigenvalue weighted by molar-refractivity contribution is 5.99. The van der Waals surface area contributed by atoms with Crippen LogP contribution in [0.25, 0.3) is 11.3 Å². The molecule has 3 aliphatic rings. The molecule has 2 saturated heterocycles. The van der Waals surface area contributed by atoms with Gasteiger partial charge in [-0.15, -0.1) is 0 Å². The number of nitrogens with zero attached hydrogens (tertiary/aromatic N) is 3. The van der Waals surface area contributed by atoms with Crippen LogP contribution in [0.2, 0.25) is 0 Å². The molecule has 3 N–H and O–H groups in total. The number of benzene rings is 1. The number of alkyl halides is 3. The van der Waals surface area contributed by atoms with E-state index in [4.69, 9.17) is 10.5 Å². The van der Waals surface area contributed by atoms with Gasteiger partial charge in [-0.05, 0) is 75.9 Å². The van der Waals surface area contributed by atoms with E-state index in [0.717, 1.165) is 17.7 Å². The molecule has 8 nitrogen and oxygen atoms in total. The maximum atomic E-state index is 15.1. The van der Waals surface area contributed by atoms with Crippen LogP contribution in [-0.2, 0) is 4.79 Å². The summed E-state index contributed by atoms with van der Waals surface area (Å²) in [6.45, 7) is 3.08. The Bertz CT molecular complexity index is 1310. The highest BCUT2D eigenvalue weighted by Crippen LogP contribution is 2.53. The van der Waals surface area contributed by atoms with Crippen molar-refractivity contribution in [1.29, 1.82) is 0 Å². The van der Waals surface area contributed by atoms with E-state index in [0.29, 0.717) is 43.1 Å². The van der Waals surface area contributed by atoms with Gasteiger partial charge in [0.15, 0.2) is 0 Å². The number of aliphatic hydroxyl groups excluding tert-OH is 1. The maximum Gasteiger partial charge on any atom is 0.395 e. The summed E-state index contributed by atoms with van der Waals surface area (Å²) in [4.78, 5) is 32.4. The van der Waals surface area contributed by atoms with E-state index in [9.17, 15) is 27.9 Å². The summed E-state index contributed by atoms with van der Waals surface area (Å²) in [7, 11) is 0. The molecular weight excluding hydrogens is 556 g/mol. The normalized spacial score (nSPS) is 24.8. The van der Waals surface area contributed by atoms with Crippen molar-refractivity contribution in [2.24, 2.45) is 17.1 Å². The number of amides is 2. The molecule has 2 unspecified atom stereocenters. The molecule has 228 valence electrons. The fourth-order valence-electron chi connectivity index (χ4n) is 6.30. The van der Waals surface area contributed by atoms with Crippen LogP contribution in [0.4, 0.5) is 17.6 Å². The van der Waals surface area contributed by atoms with E-state index in [1.165, 1.54) is 25.3 Å². The lowest BCUT2D eigenvalue weighted by molar-refractivity contribution is -0.256. The molecule has 12 heteroatoms. The zero-order chi connectivity index (χ0) is 30.3. The summed E-state index contributed by atoms with van der Waals surface area (Å²) in [5.41, 5.74) is 3.17. The second-order valence-electron chi connectivity index (χ2n) is 12.1. The van der Waals surface area contributed by atoms with E-state index in [-0.39, 0.29) is 43.8 Å². The van der Waals surface area contributed by atoms with Crippen LogP contribution in [0, 0.1) is 17.2 Å². The molecule has 0 radical (unpaired) electrons. The molecule has 0 bridgehead atoms. The number of hydrogen-bond donors (Lipinski definition) is 2. The molecule has 1 saturated carbocycles. The Morgan fingerprint density at radius 1 is 1.17 bits per heavy atom. The number of likely N-dealkylation sites (tertiary alicyclic amines) is 2. The topological polar surface area (TPSA) is 109 Å². The van der Waals surface area contributed by atoms with Crippen molar-refractivity contribution in [2.45, 2.75) is 63.3 Å². The summed E-state index contributed by atoms with van der Waals surface area (Å²) in [5.74, 6) is -1.54. The van der Waals surface area contributed by atoms with Crippen LogP contribution in [-0.4, -0.2) is 82.3 Å². The molecule has 42 heavy (non-hydrogen) atoms. The van der Waals surface area contributed by atoms with Crippen molar-refractivity contribution in [3.05, 3.63) is 47.9 Å². The molecular formula is C30H36F4N4O4. The summed E-state index contributed by atoms with van der Waals surface area (Å²) in [5, 5.41) is 10.0. The van der Waals surface area contributed by atoms with Gasteiger partial charge in [0, 0.05) is 25.1 Å². The Labute approximate surface area is 241 Å². The lowest BCUT2D eigenvalue weighted by Gasteiger charge is -2.47. The third-order valence-corrected chi connectivity index (χ3v) is 9.26. The van der Waals surface area contributed by atoms with Crippen molar-refractivity contribution in [2.75, 3.05) is 32.8 Å². The Kier molecular flexibility index (Phi) is 8.23. The standard InChI is InChI=1S/C30H36F4N4O4/c1-28(27(35)41)14-21(39)16-38(28)26(40)23-5-3-20(13-24(23)31)25-6-4-22(15-36-25)42-17-19-7-11-37(12-8-19)18-29(9-2-10-29)30(32,33)34/h3-6,13,15,19,21,39H,2,7-12,14,16-18H2,1H3,(H2,35,41). The molecule has 2 atom stereocenters. The van der Waals surface area contributed by atoms with Crippen molar-refractivity contribution in [3.63, 3.8) is 0 Å². The van der Waals surface area contributed by atoms with Gasteiger partial charge in [-0.1, -0.05) is 12.5 Å². The van der Waals surface area contributed by atoms with Gasteiger partial charge in [0.25, 0.3) is 5.91 Å². The summed E-state index contributed by atoms with van der Waals surface area (Å²) in [6.07, 6.45) is -0.981. The minimum atomic E-state index is -4.15. The quantitative estimate of drug-likeness (QED) is 0.446. The molecule has 1 aromatic carbocycles. The molecule has 2 aromatic rings. The first-order valence-corrected chi connectivity index (χ1v) is 14.3. The number of nitrogens with two attached hydrogens (primary N) is 1. The van der Waals surface area contributed by atoms with E-state index < -0.39 is 40.9 Å². The fourth-order valence-corrected chi connectivity index (χ4v) is 6.30. The van der Waals surface area contributed by atoms with Crippen LogP contribution >= 0.6 is 0 Å². The molecule has 1 aliphatic carbocycles. The predicted molar refractivity (Wildman–Crippen MR) is 146 cm³/mol. The van der Waals surface area contributed by atoms with Crippen molar-refractivity contribution < 1.29 is 37.0 Å². The molecule has 2 aliphatic heterocycles. The number of rotatable bonds is 8. The highest BCUT2D eigenvalue weighted by atomic mass is 19.4. The number of pyridine rings is 1. The minimum absolute atomic E-state index is 0.0199. The van der Waals surface area contributed by atoms with Crippen LogP contribution in [0.1, 0.15) is 55.8 Å². The van der Waals surface area contributed by atoms with Gasteiger partial charge in [0.05, 0.1) is 35.6 Å². The van der Waals surface area contributed by atoms with Gasteiger partial charge in [0.1, 0.15) is 17.1 Å². The van der Waals surface area contributed by atoms with E-state index in [1.807, 2.05) is 4.90 Å². The number of carbonyl (C=O) groups excluding carboxylic acids is 2. The lowest BCUT2D eigenvalue weighted by Crippen LogP contribution is -2.54. The summed E-state index contributed by atoms with van der Waals surface area (Å²) >= 11 is 0. The third kappa shape index (κ3) is 5.83. The third-order valence-electron chi connectivity index (χ3n) is 9.26. The molecule has 0 spiro atoms. The average Bonchev–Trinajstić information content (AvgIpc) is 3.24. The maximum absolute atomic E-state index is 15.1. The number of ether oxygens (including phenoxy) is 1. The number of piperidine rings is 1. The zero-order valence-electron chi connectivity index (χ0n) is 23.5. The van der Waals surface area contributed by atoms with E-state index in [1.54, 1.807) is 18.2 Å². The van der Waals surface area contributed by atoms with Crippen LogP contribution in [0.5, 0.6) is 5.75 Å². The lowest BCUT2D eigenvalue weighted by atomic mass is 9.67. The Morgan fingerprint density at radius 3 is 2.43 bits per heavy atom. The zero-order valence-corrected chi connectivity index (χ0v) is 23.5. The number of carbonyl (C=O) groups is 2. The van der Waals surface area contributed by atoms with Crippen LogP contribution in [0.3, 0.4) is 0 Å². The highest BCUT2D eigenvalue weighted by Gasteiger charge is 2.58. The number of β-amino-alcohol motifs (C(OH)–C–C–N with tert-alkyl or cyclic N) is 1. The summed E-state index contributed by atoms with van der Waals surface area (Å²) in [6, 6.07) is 7.43. The first-order chi connectivity index (χ1) is 19.8. The summed E-state index contributed by atoms with van der Waals surface area (Å²) < 4.78 is 61.5. The number of primary amides is 1. The smallest absolute Gasteiger partial charge is 0.395 e. The Hall–Kier alpha value is -3.25. The Balaban J connectivity index is 1.14. The van der Waals surface area contributed by atoms with E-state index >= 15 is 4.39 Å². The van der Waals surface area contributed by atoms with Gasteiger partial charge >= 0.3 is 6.18 Å². The van der Waals surface area contributed by atoms with Crippen molar-refractivity contribution in [3.8, 4) is 17.0 Å². The molecule has 3 fully saturated rings. The van der Waals surface area contributed by atoms with Gasteiger partial charge < -0.3 is 25.4 Å². The Morgan fingerprint density at radius 2 is 1.88 bits per heavy atom. The van der Waals surface area contributed by atoms with E-state index in [2.05, 4.69) is 4.98 Å². The SMILES string of the molecule is CC1(C(N)=O)CC(O)CN1C(=O)c1ccc(-c2ccc(OCC3CCN(CC4(C(F)(F)F)CCC4)CC3)cn2)cc1F. The molecule has 1 aromatic heterocycles. The minimum Gasteiger partial charge on any atom is -0.492 e. The predicted octanol–water partition coefficient (Wildman–Crippen LogP) is 4.16. The number of halogens is 4. The van der Waals surface area contributed by atoms with Gasteiger partial charge in [-0.2, -0.15) is 13.2 Å². The molecule has 5 rings (SSSR count). The molecule has 2 amide bonds. The number of hydrogen-bond acceptors (Lipinski definition) is 6. The van der Waals surface area contributed by atoms with Crippen molar-refractivity contribution >= 4 is 11.8 Å². The first kappa shape index (κ1) is 30.2. The van der Waals surface area contributed by atoms with Gasteiger partial charge in [0.2, 0.25) is 5.91 Å². The molecule has 3 heterocycles. The first-order valence-electron chi connectivity index (χ1n) is 14.3. The number of aliphatic hydroxyl groups is 1. The largest absolute Gasteiger partial charge is 0.492 e. The monoisotopic (exact) mass is 592 g/mol. The fraction of sp³-hybridized carbons (Fsp3) is 0.567. The number of aromatic nitrogens is 1.